The van der Waals surface area contributed by atoms with E-state index < -0.39 is 13.9 Å². The second kappa shape index (κ2) is 7.96. The Morgan fingerprint density at radius 1 is 0.971 bits per heavy atom. The van der Waals surface area contributed by atoms with Crippen molar-refractivity contribution in [3.8, 4) is 5.75 Å². The normalized spacial score (nSPS) is 33.1. The van der Waals surface area contributed by atoms with Crippen LogP contribution in [-0.2, 0) is 12.0 Å². The standard InChI is InChI=1S/C31H44O2Si/c1-21-8-11-23(12-9-21)31(32)19-17-28-27-14-10-22-20-24(33-34(6,7)29(2,3)4)13-15-25(22)26(27)16-18-30(28,31)5/h8-9,11-13,15,20,26-28,32H,10,14,16-19H2,1-7H3/t26-,27-,28+,30+,31-/m1/s1. The van der Waals surface area contributed by atoms with Gasteiger partial charge in [-0.25, -0.2) is 0 Å². The highest BCUT2D eigenvalue weighted by atomic mass is 28.4. The van der Waals surface area contributed by atoms with Crippen molar-refractivity contribution in [3.63, 3.8) is 0 Å². The first kappa shape index (κ1) is 24.1. The second-order valence-electron chi connectivity index (χ2n) is 13.4. The topological polar surface area (TPSA) is 29.5 Å². The van der Waals surface area contributed by atoms with Crippen LogP contribution in [0.25, 0.3) is 0 Å². The van der Waals surface area contributed by atoms with Gasteiger partial charge in [0.2, 0.25) is 8.32 Å². The molecule has 3 heteroatoms. The van der Waals surface area contributed by atoms with E-state index >= 15 is 0 Å². The first-order chi connectivity index (χ1) is 15.9. The Balaban J connectivity index is 1.41. The molecule has 2 aromatic carbocycles. The van der Waals surface area contributed by atoms with Crippen molar-refractivity contribution in [1.82, 2.24) is 0 Å². The molecule has 0 unspecified atom stereocenters. The maximum atomic E-state index is 12.1. The maximum Gasteiger partial charge on any atom is 0.250 e. The van der Waals surface area contributed by atoms with Gasteiger partial charge in [-0.2, -0.15) is 0 Å². The number of aryl methyl sites for hydroxylation is 2. The number of benzene rings is 2. The molecule has 0 bridgehead atoms. The van der Waals surface area contributed by atoms with Crippen molar-refractivity contribution >= 4 is 8.32 Å². The largest absolute Gasteiger partial charge is 0.543 e. The van der Waals surface area contributed by atoms with Gasteiger partial charge in [0.25, 0.3) is 0 Å². The van der Waals surface area contributed by atoms with E-state index in [1.54, 1.807) is 5.56 Å². The summed E-state index contributed by atoms with van der Waals surface area (Å²) in [5.74, 6) is 2.97. The van der Waals surface area contributed by atoms with Gasteiger partial charge >= 0.3 is 0 Å². The van der Waals surface area contributed by atoms with Gasteiger partial charge in [-0.1, -0.05) is 63.6 Å². The van der Waals surface area contributed by atoms with Gasteiger partial charge in [-0.3, -0.25) is 0 Å². The molecule has 2 nitrogen and oxygen atoms in total. The molecule has 0 spiro atoms. The number of aliphatic hydroxyl groups is 1. The second-order valence-corrected chi connectivity index (χ2v) is 18.1. The summed E-state index contributed by atoms with van der Waals surface area (Å²) in [5.41, 5.74) is 4.73. The van der Waals surface area contributed by atoms with Crippen LogP contribution in [0.15, 0.2) is 42.5 Å². The summed E-state index contributed by atoms with van der Waals surface area (Å²) >= 11 is 0. The van der Waals surface area contributed by atoms with Crippen LogP contribution >= 0.6 is 0 Å². The molecule has 0 aliphatic heterocycles. The number of rotatable bonds is 3. The van der Waals surface area contributed by atoms with Gasteiger partial charge in [0.1, 0.15) is 5.75 Å². The van der Waals surface area contributed by atoms with Crippen LogP contribution in [-0.4, -0.2) is 13.4 Å². The van der Waals surface area contributed by atoms with Gasteiger partial charge in [-0.05, 0) is 110 Å². The summed E-state index contributed by atoms with van der Waals surface area (Å²) in [6.45, 7) is 16.1. The van der Waals surface area contributed by atoms with Crippen molar-refractivity contribution < 1.29 is 9.53 Å². The third kappa shape index (κ3) is 3.61. The summed E-state index contributed by atoms with van der Waals surface area (Å²) < 4.78 is 6.64. The van der Waals surface area contributed by atoms with Gasteiger partial charge in [0, 0.05) is 5.41 Å². The lowest BCUT2D eigenvalue weighted by Crippen LogP contribution is -2.49. The van der Waals surface area contributed by atoms with Crippen LogP contribution in [0.4, 0.5) is 0 Å². The molecule has 3 aliphatic carbocycles. The van der Waals surface area contributed by atoms with E-state index in [0.29, 0.717) is 17.8 Å². The molecule has 0 saturated heterocycles. The zero-order valence-electron chi connectivity index (χ0n) is 22.4. The van der Waals surface area contributed by atoms with Crippen LogP contribution in [0, 0.1) is 24.2 Å². The van der Waals surface area contributed by atoms with Crippen LogP contribution in [0.2, 0.25) is 18.1 Å². The molecule has 184 valence electrons. The highest BCUT2D eigenvalue weighted by Gasteiger charge is 2.62. The van der Waals surface area contributed by atoms with Gasteiger partial charge < -0.3 is 9.53 Å². The smallest absolute Gasteiger partial charge is 0.250 e. The fraction of sp³-hybridized carbons (Fsp3) is 0.613. The van der Waals surface area contributed by atoms with E-state index in [9.17, 15) is 5.11 Å². The molecular formula is C31H44O2Si. The summed E-state index contributed by atoms with van der Waals surface area (Å²) in [7, 11) is -1.83. The Labute approximate surface area is 208 Å². The molecule has 0 heterocycles. The Kier molecular flexibility index (Phi) is 5.65. The number of hydrogen-bond acceptors (Lipinski definition) is 2. The first-order valence-corrected chi connectivity index (χ1v) is 16.4. The molecule has 3 aliphatic rings. The Morgan fingerprint density at radius 3 is 2.35 bits per heavy atom. The summed E-state index contributed by atoms with van der Waals surface area (Å²) in [4.78, 5) is 0. The van der Waals surface area contributed by atoms with Crippen molar-refractivity contribution in [2.24, 2.45) is 17.3 Å². The van der Waals surface area contributed by atoms with E-state index in [1.807, 2.05) is 0 Å². The van der Waals surface area contributed by atoms with E-state index in [4.69, 9.17) is 4.43 Å². The molecule has 5 rings (SSSR count). The van der Waals surface area contributed by atoms with Gasteiger partial charge in [0.05, 0.1) is 5.60 Å². The number of fused-ring (bicyclic) bond motifs is 5. The van der Waals surface area contributed by atoms with E-state index in [1.165, 1.54) is 24.0 Å². The molecule has 0 aromatic heterocycles. The van der Waals surface area contributed by atoms with E-state index in [2.05, 4.69) is 90.2 Å². The summed E-state index contributed by atoms with van der Waals surface area (Å²) in [5, 5.41) is 12.3. The van der Waals surface area contributed by atoms with Crippen LogP contribution < -0.4 is 4.43 Å². The predicted octanol–water partition coefficient (Wildman–Crippen LogP) is 8.12. The van der Waals surface area contributed by atoms with Crippen LogP contribution in [0.5, 0.6) is 5.75 Å². The Hall–Kier alpha value is -1.58. The quantitative estimate of drug-likeness (QED) is 0.453. The lowest BCUT2D eigenvalue weighted by atomic mass is 9.52. The zero-order chi connectivity index (χ0) is 24.5. The third-order valence-electron chi connectivity index (χ3n) is 10.6. The monoisotopic (exact) mass is 476 g/mol. The van der Waals surface area contributed by atoms with Gasteiger partial charge in [-0.15, -0.1) is 0 Å². The fourth-order valence-corrected chi connectivity index (χ4v) is 8.41. The average Bonchev–Trinajstić information content (AvgIpc) is 3.04. The predicted molar refractivity (Wildman–Crippen MR) is 144 cm³/mol. The molecule has 34 heavy (non-hydrogen) atoms. The molecule has 0 radical (unpaired) electrons. The lowest BCUT2D eigenvalue weighted by molar-refractivity contribution is -0.108. The first-order valence-electron chi connectivity index (χ1n) is 13.5. The van der Waals surface area contributed by atoms with Crippen molar-refractivity contribution in [1.29, 1.82) is 0 Å². The fourth-order valence-electron chi connectivity index (χ4n) is 7.39. The highest BCUT2D eigenvalue weighted by molar-refractivity contribution is 6.74. The molecule has 1 N–H and O–H groups in total. The minimum Gasteiger partial charge on any atom is -0.543 e. The highest BCUT2D eigenvalue weighted by Crippen LogP contribution is 2.67. The third-order valence-corrected chi connectivity index (χ3v) is 14.9. The van der Waals surface area contributed by atoms with Crippen LogP contribution in [0.1, 0.15) is 88.0 Å². The van der Waals surface area contributed by atoms with E-state index in [-0.39, 0.29) is 10.5 Å². The minimum absolute atomic E-state index is 0.0354. The zero-order valence-corrected chi connectivity index (χ0v) is 23.4. The summed E-state index contributed by atoms with van der Waals surface area (Å²) in [6, 6.07) is 15.7. The van der Waals surface area contributed by atoms with Crippen LogP contribution in [0.3, 0.4) is 0 Å². The molecule has 2 aromatic rings. The van der Waals surface area contributed by atoms with Crippen molar-refractivity contribution in [2.75, 3.05) is 0 Å². The molecule has 2 fully saturated rings. The maximum absolute atomic E-state index is 12.1. The Bertz CT molecular complexity index is 1070. The lowest BCUT2D eigenvalue weighted by Gasteiger charge is -2.53. The molecule has 2 saturated carbocycles. The minimum atomic E-state index is -1.83. The molecular weight excluding hydrogens is 432 g/mol. The molecule has 5 atom stereocenters. The summed E-state index contributed by atoms with van der Waals surface area (Å²) in [6.07, 6.45) is 6.70. The Morgan fingerprint density at radius 2 is 1.68 bits per heavy atom. The van der Waals surface area contributed by atoms with Crippen molar-refractivity contribution in [2.45, 2.75) is 103 Å². The van der Waals surface area contributed by atoms with Gasteiger partial charge in [0.15, 0.2) is 0 Å². The van der Waals surface area contributed by atoms with E-state index in [0.717, 1.165) is 37.0 Å². The number of hydrogen-bond donors (Lipinski definition) is 1. The SMILES string of the molecule is Cc1ccc([C@]2(O)CC[C@H]3[C@@H]4CCc5cc(O[Si](C)(C)C(C)(C)C)ccc5[C@H]4CC[C@@]32C)cc1. The van der Waals surface area contributed by atoms with Crippen molar-refractivity contribution in [3.05, 3.63) is 64.7 Å². The molecule has 0 amide bonds. The average molecular weight is 477 g/mol.